The smallest absolute Gasteiger partial charge is 0.295 e. The van der Waals surface area contributed by atoms with Crippen molar-refractivity contribution in [2.45, 2.75) is 12.6 Å². The number of benzene rings is 3. The summed E-state index contributed by atoms with van der Waals surface area (Å²) in [5, 5.41) is 11.7. The number of carbonyl (C=O) groups excluding carboxylic acids is 2. The zero-order valence-electron chi connectivity index (χ0n) is 19.0. The van der Waals surface area contributed by atoms with Crippen molar-refractivity contribution in [2.24, 2.45) is 0 Å². The molecule has 1 N–H and O–H groups in total. The van der Waals surface area contributed by atoms with Gasteiger partial charge in [0.25, 0.3) is 11.7 Å². The number of Topliss-reactive ketones (excluding diaryl/α,β-unsaturated/α-hetero) is 1. The van der Waals surface area contributed by atoms with Gasteiger partial charge >= 0.3 is 0 Å². The van der Waals surface area contributed by atoms with Crippen LogP contribution < -0.4 is 4.74 Å². The molecule has 1 saturated heterocycles. The van der Waals surface area contributed by atoms with Crippen molar-refractivity contribution in [1.82, 2.24) is 9.88 Å². The van der Waals surface area contributed by atoms with Crippen LogP contribution in [0.15, 0.2) is 109 Å². The Labute approximate surface area is 213 Å². The molecule has 0 unspecified atom stereocenters. The molecular formula is C29H21ClN2O4. The second-order valence-electron chi connectivity index (χ2n) is 8.28. The number of nitrogens with zero attached hydrogens (tertiary/aromatic N) is 2. The molecular weight excluding hydrogens is 476 g/mol. The van der Waals surface area contributed by atoms with Crippen molar-refractivity contribution in [1.29, 1.82) is 0 Å². The van der Waals surface area contributed by atoms with E-state index in [2.05, 4.69) is 4.98 Å². The molecule has 1 fully saturated rings. The Morgan fingerprint density at radius 2 is 1.67 bits per heavy atom. The summed E-state index contributed by atoms with van der Waals surface area (Å²) in [6, 6.07) is 25.7. The summed E-state index contributed by atoms with van der Waals surface area (Å²) in [5.74, 6) is -0.532. The van der Waals surface area contributed by atoms with E-state index in [1.165, 1.54) is 4.90 Å². The first-order valence-electron chi connectivity index (χ1n) is 11.3. The van der Waals surface area contributed by atoms with Crippen LogP contribution in [0.2, 0.25) is 5.02 Å². The number of hydrogen-bond acceptors (Lipinski definition) is 5. The highest BCUT2D eigenvalue weighted by atomic mass is 35.5. The van der Waals surface area contributed by atoms with Crippen molar-refractivity contribution >= 4 is 29.1 Å². The largest absolute Gasteiger partial charge is 0.507 e. The lowest BCUT2D eigenvalue weighted by atomic mass is 9.95. The van der Waals surface area contributed by atoms with Gasteiger partial charge in [0, 0.05) is 29.5 Å². The van der Waals surface area contributed by atoms with Crippen molar-refractivity contribution in [3.05, 3.63) is 131 Å². The second-order valence-corrected chi connectivity index (χ2v) is 8.72. The van der Waals surface area contributed by atoms with Crippen LogP contribution in [-0.2, 0) is 16.1 Å². The number of para-hydroxylation sites is 1. The molecule has 0 aliphatic carbocycles. The van der Waals surface area contributed by atoms with E-state index in [4.69, 9.17) is 16.3 Å². The van der Waals surface area contributed by atoms with Crippen molar-refractivity contribution in [3.63, 3.8) is 0 Å². The Morgan fingerprint density at radius 1 is 0.917 bits per heavy atom. The van der Waals surface area contributed by atoms with Gasteiger partial charge in [-0.3, -0.25) is 14.6 Å². The fraction of sp³-hybridized carbons (Fsp3) is 0.0690. The van der Waals surface area contributed by atoms with Gasteiger partial charge < -0.3 is 14.7 Å². The van der Waals surface area contributed by atoms with Gasteiger partial charge in [0.15, 0.2) is 0 Å². The lowest BCUT2D eigenvalue weighted by Crippen LogP contribution is -2.29. The first kappa shape index (κ1) is 23.3. The van der Waals surface area contributed by atoms with Gasteiger partial charge in [-0.25, -0.2) is 0 Å². The number of pyridine rings is 1. The molecule has 4 aromatic rings. The summed E-state index contributed by atoms with van der Waals surface area (Å²) < 4.78 is 5.99. The number of likely N-dealkylation sites (tertiary alicyclic amines) is 1. The second kappa shape index (κ2) is 10.1. The van der Waals surface area contributed by atoms with Crippen molar-refractivity contribution in [2.75, 3.05) is 0 Å². The molecule has 36 heavy (non-hydrogen) atoms. The van der Waals surface area contributed by atoms with E-state index in [9.17, 15) is 14.7 Å². The van der Waals surface area contributed by atoms with Gasteiger partial charge in [0.05, 0.1) is 11.6 Å². The number of hydrogen-bond donors (Lipinski definition) is 1. The third-order valence-corrected chi connectivity index (χ3v) is 6.14. The van der Waals surface area contributed by atoms with Gasteiger partial charge in [-0.2, -0.15) is 0 Å². The quantitative estimate of drug-likeness (QED) is 0.197. The Bertz CT molecular complexity index is 1440. The Hall–Kier alpha value is -4.42. The zero-order valence-corrected chi connectivity index (χ0v) is 19.8. The zero-order chi connectivity index (χ0) is 25.1. The molecule has 1 aromatic heterocycles. The Balaban J connectivity index is 1.61. The van der Waals surface area contributed by atoms with Crippen LogP contribution in [0.25, 0.3) is 5.76 Å². The van der Waals surface area contributed by atoms with Crippen molar-refractivity contribution < 1.29 is 19.4 Å². The van der Waals surface area contributed by atoms with E-state index < -0.39 is 17.7 Å². The molecule has 7 heteroatoms. The van der Waals surface area contributed by atoms with E-state index in [1.54, 1.807) is 67.0 Å². The van der Waals surface area contributed by atoms with Crippen LogP contribution in [0.5, 0.6) is 11.5 Å². The topological polar surface area (TPSA) is 79.7 Å². The first-order valence-corrected chi connectivity index (χ1v) is 11.6. The standard InChI is InChI=1S/C29H21ClN2O4/c30-22-13-11-20(12-14-22)27(33)25-26(32(29(35)28(25)34)18-19-6-5-15-31-17-19)21-7-4-10-24(16-21)36-23-8-2-1-3-9-23/h1-17,26,33H,18H2/t26-/m1/s1. The molecule has 1 amide bonds. The molecule has 5 rings (SSSR count). The summed E-state index contributed by atoms with van der Waals surface area (Å²) in [5.41, 5.74) is 1.78. The number of carbonyl (C=O) groups is 2. The van der Waals surface area contributed by atoms with Gasteiger partial charge in [0.2, 0.25) is 0 Å². The third kappa shape index (κ3) is 4.72. The molecule has 2 heterocycles. The van der Waals surface area contributed by atoms with Crippen molar-refractivity contribution in [3.8, 4) is 11.5 Å². The van der Waals surface area contributed by atoms with E-state index in [0.29, 0.717) is 27.6 Å². The van der Waals surface area contributed by atoms with E-state index in [1.807, 2.05) is 36.4 Å². The highest BCUT2D eigenvalue weighted by Gasteiger charge is 2.46. The average Bonchev–Trinajstić information content (AvgIpc) is 3.15. The van der Waals surface area contributed by atoms with Crippen LogP contribution in [-0.4, -0.2) is 26.7 Å². The first-order chi connectivity index (χ1) is 17.5. The Kier molecular flexibility index (Phi) is 6.52. The minimum Gasteiger partial charge on any atom is -0.507 e. The number of rotatable bonds is 6. The van der Waals surface area contributed by atoms with Gasteiger partial charge in [-0.05, 0) is 65.7 Å². The monoisotopic (exact) mass is 496 g/mol. The fourth-order valence-corrected chi connectivity index (χ4v) is 4.34. The number of ketones is 1. The number of aliphatic hydroxyl groups excluding tert-OH is 1. The van der Waals surface area contributed by atoms with Crippen LogP contribution in [0.3, 0.4) is 0 Å². The molecule has 1 atom stereocenters. The average molecular weight is 497 g/mol. The summed E-state index contributed by atoms with van der Waals surface area (Å²) in [6.07, 6.45) is 3.28. The number of amides is 1. The summed E-state index contributed by atoms with van der Waals surface area (Å²) in [6.45, 7) is 0.143. The third-order valence-electron chi connectivity index (χ3n) is 5.89. The summed E-state index contributed by atoms with van der Waals surface area (Å²) in [7, 11) is 0. The van der Waals surface area contributed by atoms with Gasteiger partial charge in [0.1, 0.15) is 17.3 Å². The minimum atomic E-state index is -0.833. The highest BCUT2D eigenvalue weighted by molar-refractivity contribution is 6.46. The maximum absolute atomic E-state index is 13.3. The highest BCUT2D eigenvalue weighted by Crippen LogP contribution is 2.41. The fourth-order valence-electron chi connectivity index (χ4n) is 4.21. The minimum absolute atomic E-state index is 0.00285. The number of aliphatic hydroxyl groups is 1. The van der Waals surface area contributed by atoms with Crippen LogP contribution in [0.4, 0.5) is 0 Å². The lowest BCUT2D eigenvalue weighted by Gasteiger charge is -2.25. The van der Waals surface area contributed by atoms with Crippen LogP contribution in [0.1, 0.15) is 22.7 Å². The van der Waals surface area contributed by atoms with E-state index in [-0.39, 0.29) is 17.9 Å². The molecule has 1 aliphatic heterocycles. The molecule has 0 saturated carbocycles. The molecule has 178 valence electrons. The normalized spacial score (nSPS) is 16.8. The SMILES string of the molecule is O=C1C(=O)N(Cc2cccnc2)[C@H](c2cccc(Oc3ccccc3)c2)C1=C(O)c1ccc(Cl)cc1. The molecule has 1 aliphatic rings. The summed E-state index contributed by atoms with van der Waals surface area (Å²) in [4.78, 5) is 32.1. The maximum atomic E-state index is 13.3. The number of halogens is 1. The molecule has 0 bridgehead atoms. The number of ether oxygens (including phenoxy) is 1. The van der Waals surface area contributed by atoms with Gasteiger partial charge in [-0.15, -0.1) is 0 Å². The number of aromatic nitrogens is 1. The predicted octanol–water partition coefficient (Wildman–Crippen LogP) is 6.15. The molecule has 3 aromatic carbocycles. The van der Waals surface area contributed by atoms with E-state index >= 15 is 0 Å². The summed E-state index contributed by atoms with van der Waals surface area (Å²) >= 11 is 6.00. The predicted molar refractivity (Wildman–Crippen MR) is 136 cm³/mol. The Morgan fingerprint density at radius 3 is 2.39 bits per heavy atom. The lowest BCUT2D eigenvalue weighted by molar-refractivity contribution is -0.140. The van der Waals surface area contributed by atoms with Gasteiger partial charge in [-0.1, -0.05) is 48.0 Å². The van der Waals surface area contributed by atoms with Crippen LogP contribution in [0, 0.1) is 0 Å². The van der Waals surface area contributed by atoms with E-state index in [0.717, 1.165) is 5.56 Å². The maximum Gasteiger partial charge on any atom is 0.295 e. The molecule has 0 spiro atoms. The van der Waals surface area contributed by atoms with Crippen LogP contribution >= 0.6 is 11.6 Å². The molecule has 6 nitrogen and oxygen atoms in total. The molecule has 0 radical (unpaired) electrons.